The standard InChI is InChI=1S/C18H30N2O/c1-2-19-4-3-5-20(7-6-19)18(21)17-15-9-13-8-14(11-15)12-16(17)10-13/h13-17H,2-12H2,1H3. The van der Waals surface area contributed by atoms with Crippen LogP contribution >= 0.6 is 0 Å². The van der Waals surface area contributed by atoms with Gasteiger partial charge in [-0.15, -0.1) is 0 Å². The predicted octanol–water partition coefficient (Wildman–Crippen LogP) is 2.61. The zero-order valence-corrected chi connectivity index (χ0v) is 13.5. The molecule has 1 heterocycles. The van der Waals surface area contributed by atoms with Gasteiger partial charge in [0, 0.05) is 25.6 Å². The molecule has 118 valence electrons. The van der Waals surface area contributed by atoms with E-state index in [4.69, 9.17) is 0 Å². The molecule has 5 rings (SSSR count). The number of amides is 1. The average molecular weight is 290 g/mol. The summed E-state index contributed by atoms with van der Waals surface area (Å²) in [4.78, 5) is 17.9. The van der Waals surface area contributed by atoms with E-state index in [1.54, 1.807) is 0 Å². The third-order valence-electron chi connectivity index (χ3n) is 6.86. The van der Waals surface area contributed by atoms with Gasteiger partial charge in [-0.1, -0.05) is 6.92 Å². The highest BCUT2D eigenvalue weighted by molar-refractivity contribution is 5.80. The van der Waals surface area contributed by atoms with Gasteiger partial charge in [0.1, 0.15) is 0 Å². The fourth-order valence-electron chi connectivity index (χ4n) is 6.05. The molecule has 1 aliphatic heterocycles. The first-order valence-corrected chi connectivity index (χ1v) is 9.25. The summed E-state index contributed by atoms with van der Waals surface area (Å²) in [7, 11) is 0. The second-order valence-electron chi connectivity index (χ2n) is 8.07. The first-order valence-electron chi connectivity index (χ1n) is 9.25. The maximum atomic E-state index is 13.1. The largest absolute Gasteiger partial charge is 0.341 e. The first-order chi connectivity index (χ1) is 10.2. The van der Waals surface area contributed by atoms with E-state index >= 15 is 0 Å². The maximum Gasteiger partial charge on any atom is 0.226 e. The van der Waals surface area contributed by atoms with Gasteiger partial charge in [0.15, 0.2) is 0 Å². The molecule has 4 bridgehead atoms. The molecule has 0 radical (unpaired) electrons. The van der Waals surface area contributed by atoms with Gasteiger partial charge < -0.3 is 9.80 Å². The zero-order valence-electron chi connectivity index (χ0n) is 13.5. The van der Waals surface area contributed by atoms with Gasteiger partial charge >= 0.3 is 0 Å². The molecule has 0 aromatic carbocycles. The lowest BCUT2D eigenvalue weighted by Crippen LogP contribution is -2.52. The van der Waals surface area contributed by atoms with Crippen LogP contribution in [0.5, 0.6) is 0 Å². The van der Waals surface area contributed by atoms with Crippen LogP contribution in [0.2, 0.25) is 0 Å². The molecule has 0 N–H and O–H groups in total. The van der Waals surface area contributed by atoms with Crippen LogP contribution in [0.3, 0.4) is 0 Å². The van der Waals surface area contributed by atoms with E-state index in [0.29, 0.717) is 11.8 Å². The molecule has 5 fully saturated rings. The number of carbonyl (C=O) groups is 1. The highest BCUT2D eigenvalue weighted by Crippen LogP contribution is 2.56. The second kappa shape index (κ2) is 5.57. The molecule has 21 heavy (non-hydrogen) atoms. The van der Waals surface area contributed by atoms with Crippen molar-refractivity contribution in [2.24, 2.45) is 29.6 Å². The molecule has 0 aromatic rings. The Kier molecular flexibility index (Phi) is 3.72. The maximum absolute atomic E-state index is 13.1. The van der Waals surface area contributed by atoms with Crippen molar-refractivity contribution in [3.8, 4) is 0 Å². The molecule has 3 heteroatoms. The Hall–Kier alpha value is -0.570. The van der Waals surface area contributed by atoms with E-state index in [1.165, 1.54) is 38.6 Å². The third kappa shape index (κ3) is 2.52. The number of hydrogen-bond donors (Lipinski definition) is 0. The Morgan fingerprint density at radius 3 is 2.19 bits per heavy atom. The normalized spacial score (nSPS) is 43.1. The van der Waals surface area contributed by atoms with Crippen LogP contribution in [0.15, 0.2) is 0 Å². The quantitative estimate of drug-likeness (QED) is 0.780. The summed E-state index contributed by atoms with van der Waals surface area (Å²) in [6.07, 6.45) is 8.07. The molecule has 0 aromatic heterocycles. The van der Waals surface area contributed by atoms with Crippen LogP contribution in [-0.2, 0) is 4.79 Å². The lowest BCUT2D eigenvalue weighted by molar-refractivity contribution is -0.148. The molecule has 1 amide bonds. The van der Waals surface area contributed by atoms with Crippen molar-refractivity contribution < 1.29 is 4.79 Å². The average Bonchev–Trinajstić information content (AvgIpc) is 2.71. The molecule has 3 nitrogen and oxygen atoms in total. The van der Waals surface area contributed by atoms with E-state index in [-0.39, 0.29) is 0 Å². The Morgan fingerprint density at radius 2 is 1.57 bits per heavy atom. The summed E-state index contributed by atoms with van der Waals surface area (Å²) in [6.45, 7) is 7.57. The van der Waals surface area contributed by atoms with Crippen LogP contribution in [0, 0.1) is 29.6 Å². The number of carbonyl (C=O) groups excluding carboxylic acids is 1. The van der Waals surface area contributed by atoms with Crippen molar-refractivity contribution in [1.82, 2.24) is 9.80 Å². The molecule has 4 saturated carbocycles. The Morgan fingerprint density at radius 1 is 0.905 bits per heavy atom. The lowest BCUT2D eigenvalue weighted by atomic mass is 9.51. The van der Waals surface area contributed by atoms with E-state index in [9.17, 15) is 4.79 Å². The van der Waals surface area contributed by atoms with Crippen LogP contribution in [-0.4, -0.2) is 48.4 Å². The molecule has 4 aliphatic carbocycles. The minimum Gasteiger partial charge on any atom is -0.341 e. The van der Waals surface area contributed by atoms with Gasteiger partial charge in [0.25, 0.3) is 0 Å². The van der Waals surface area contributed by atoms with Crippen LogP contribution in [0.25, 0.3) is 0 Å². The van der Waals surface area contributed by atoms with Crippen LogP contribution in [0.4, 0.5) is 0 Å². The summed E-state index contributed by atoms with van der Waals surface area (Å²) in [5.41, 5.74) is 0. The SMILES string of the molecule is CCN1CCCN(C(=O)C2C3CC4CC(C3)CC2C4)CC1. The topological polar surface area (TPSA) is 23.6 Å². The molecule has 0 spiro atoms. The van der Waals surface area contributed by atoms with Gasteiger partial charge in [0.2, 0.25) is 5.91 Å². The molecule has 5 aliphatic rings. The van der Waals surface area contributed by atoms with Gasteiger partial charge in [-0.25, -0.2) is 0 Å². The van der Waals surface area contributed by atoms with Crippen molar-refractivity contribution in [3.63, 3.8) is 0 Å². The second-order valence-corrected chi connectivity index (χ2v) is 8.07. The van der Waals surface area contributed by atoms with Crippen molar-refractivity contribution in [2.45, 2.75) is 45.4 Å². The summed E-state index contributed by atoms with van der Waals surface area (Å²) in [5.74, 6) is 4.33. The van der Waals surface area contributed by atoms with Crippen LogP contribution in [0.1, 0.15) is 45.4 Å². The fraction of sp³-hybridized carbons (Fsp3) is 0.944. The van der Waals surface area contributed by atoms with Gasteiger partial charge in [0.05, 0.1) is 0 Å². The van der Waals surface area contributed by atoms with Crippen LogP contribution < -0.4 is 0 Å². The van der Waals surface area contributed by atoms with Gasteiger partial charge in [-0.3, -0.25) is 4.79 Å². The van der Waals surface area contributed by atoms with Crippen molar-refractivity contribution in [3.05, 3.63) is 0 Å². The lowest BCUT2D eigenvalue weighted by Gasteiger charge is -2.54. The van der Waals surface area contributed by atoms with Gasteiger partial charge in [-0.05, 0) is 75.3 Å². The number of nitrogens with zero attached hydrogens (tertiary/aromatic N) is 2. The van der Waals surface area contributed by atoms with Crippen molar-refractivity contribution in [1.29, 1.82) is 0 Å². The summed E-state index contributed by atoms with van der Waals surface area (Å²) in [5, 5.41) is 0. The third-order valence-corrected chi connectivity index (χ3v) is 6.86. The summed E-state index contributed by atoms with van der Waals surface area (Å²) >= 11 is 0. The fourth-order valence-corrected chi connectivity index (χ4v) is 6.05. The molecule has 0 atom stereocenters. The highest BCUT2D eigenvalue weighted by Gasteiger charge is 2.51. The minimum absolute atomic E-state index is 0.394. The summed E-state index contributed by atoms with van der Waals surface area (Å²) < 4.78 is 0. The van der Waals surface area contributed by atoms with Crippen molar-refractivity contribution >= 4 is 5.91 Å². The molecular weight excluding hydrogens is 260 g/mol. The van der Waals surface area contributed by atoms with Gasteiger partial charge in [-0.2, -0.15) is 0 Å². The highest BCUT2D eigenvalue weighted by atomic mass is 16.2. The Balaban J connectivity index is 1.45. The zero-order chi connectivity index (χ0) is 14.4. The Labute approximate surface area is 129 Å². The van der Waals surface area contributed by atoms with E-state index in [0.717, 1.165) is 56.3 Å². The van der Waals surface area contributed by atoms with Crippen molar-refractivity contribution in [2.75, 3.05) is 32.7 Å². The molecule has 0 unspecified atom stereocenters. The number of likely N-dealkylation sites (N-methyl/N-ethyl adjacent to an activating group) is 1. The van der Waals surface area contributed by atoms with E-state index < -0.39 is 0 Å². The van der Waals surface area contributed by atoms with E-state index in [2.05, 4.69) is 16.7 Å². The molecule has 1 saturated heterocycles. The monoisotopic (exact) mass is 290 g/mol. The predicted molar refractivity (Wildman–Crippen MR) is 83.8 cm³/mol. The molecular formula is C18H30N2O. The van der Waals surface area contributed by atoms with E-state index in [1.807, 2.05) is 0 Å². The summed E-state index contributed by atoms with van der Waals surface area (Å²) in [6, 6.07) is 0. The Bertz CT molecular complexity index is 380. The smallest absolute Gasteiger partial charge is 0.226 e. The first kappa shape index (κ1) is 14.0. The minimum atomic E-state index is 0.394. The number of hydrogen-bond acceptors (Lipinski definition) is 2. The number of rotatable bonds is 2.